The fraction of sp³-hybridized carbons (Fsp3) is 0.762. The molecule has 0 atom stereocenters. The summed E-state index contributed by atoms with van der Waals surface area (Å²) in [5.41, 5.74) is 0. The van der Waals surface area contributed by atoms with E-state index < -0.39 is 0 Å². The molecule has 27 heavy (non-hydrogen) atoms. The normalized spacial score (nSPS) is 25.0. The van der Waals surface area contributed by atoms with Gasteiger partial charge in [0.1, 0.15) is 5.76 Å². The Hall–Kier alpha value is -0.760. The molecule has 154 valence electrons. The summed E-state index contributed by atoms with van der Waals surface area (Å²) in [6, 6.07) is 5.30. The second-order valence-electron chi connectivity index (χ2n) is 7.96. The number of rotatable bonds is 6. The van der Waals surface area contributed by atoms with Crippen molar-refractivity contribution in [1.29, 1.82) is 0 Å². The quantitative estimate of drug-likeness (QED) is 0.361. The van der Waals surface area contributed by atoms with Crippen molar-refractivity contribution in [2.24, 2.45) is 10.9 Å². The Kier molecular flexibility index (Phi) is 9.96. The molecule has 0 bridgehead atoms. The zero-order valence-corrected chi connectivity index (χ0v) is 19.3. The van der Waals surface area contributed by atoms with Crippen LogP contribution in [-0.4, -0.2) is 49.1 Å². The van der Waals surface area contributed by atoms with Crippen molar-refractivity contribution in [3.05, 3.63) is 24.2 Å². The second-order valence-corrected chi connectivity index (χ2v) is 7.96. The first-order valence-corrected chi connectivity index (χ1v) is 10.6. The van der Waals surface area contributed by atoms with E-state index in [9.17, 15) is 0 Å². The highest BCUT2D eigenvalue weighted by Crippen LogP contribution is 2.27. The standard InChI is InChI=1S/C21H36N4O.HI/c1-3-22-21(23-13-10-20-5-4-16-26-20)24-18-6-8-19(9-7-18)25-14-11-17(2)12-15-25;/h4-5,16-19H,3,6-15H2,1-2H3,(H2,22,23,24);1H. The molecule has 0 amide bonds. The van der Waals surface area contributed by atoms with Crippen molar-refractivity contribution in [3.63, 3.8) is 0 Å². The Bertz CT molecular complexity index is 532. The van der Waals surface area contributed by atoms with Crippen LogP contribution in [0.1, 0.15) is 58.1 Å². The van der Waals surface area contributed by atoms with Crippen LogP contribution in [0.3, 0.4) is 0 Å². The lowest BCUT2D eigenvalue weighted by Gasteiger charge is -2.40. The zero-order chi connectivity index (χ0) is 18.2. The minimum atomic E-state index is 0. The highest BCUT2D eigenvalue weighted by Gasteiger charge is 2.28. The van der Waals surface area contributed by atoms with E-state index in [-0.39, 0.29) is 24.0 Å². The first kappa shape index (κ1) is 22.5. The van der Waals surface area contributed by atoms with E-state index >= 15 is 0 Å². The van der Waals surface area contributed by atoms with Gasteiger partial charge in [-0.15, -0.1) is 24.0 Å². The predicted molar refractivity (Wildman–Crippen MR) is 123 cm³/mol. The number of halogens is 1. The van der Waals surface area contributed by atoms with Crippen LogP contribution in [0.25, 0.3) is 0 Å². The molecule has 1 aromatic rings. The van der Waals surface area contributed by atoms with Gasteiger partial charge in [0.05, 0.1) is 6.26 Å². The Balaban J connectivity index is 0.00000261. The third kappa shape index (κ3) is 7.29. The molecule has 1 aliphatic carbocycles. The van der Waals surface area contributed by atoms with Gasteiger partial charge in [0.2, 0.25) is 0 Å². The van der Waals surface area contributed by atoms with E-state index in [0.717, 1.165) is 43.2 Å². The summed E-state index contributed by atoms with van der Waals surface area (Å²) < 4.78 is 5.39. The molecule has 1 saturated carbocycles. The molecule has 0 unspecified atom stereocenters. The molecular weight excluding hydrogens is 451 g/mol. The maximum atomic E-state index is 5.39. The number of aliphatic imine (C=N–C) groups is 1. The number of piperidine rings is 1. The van der Waals surface area contributed by atoms with Gasteiger partial charge in [0, 0.05) is 31.6 Å². The Labute approximate surface area is 181 Å². The van der Waals surface area contributed by atoms with E-state index in [4.69, 9.17) is 9.41 Å². The zero-order valence-electron chi connectivity index (χ0n) is 17.0. The molecule has 2 aliphatic rings. The molecule has 0 spiro atoms. The van der Waals surface area contributed by atoms with Gasteiger partial charge in [-0.1, -0.05) is 6.92 Å². The summed E-state index contributed by atoms with van der Waals surface area (Å²) in [6.07, 6.45) is 10.5. The lowest BCUT2D eigenvalue weighted by atomic mass is 9.88. The molecule has 1 aromatic heterocycles. The van der Waals surface area contributed by atoms with Gasteiger partial charge in [0.25, 0.3) is 0 Å². The molecule has 5 nitrogen and oxygen atoms in total. The van der Waals surface area contributed by atoms with Gasteiger partial charge < -0.3 is 20.0 Å². The van der Waals surface area contributed by atoms with Crippen molar-refractivity contribution < 1.29 is 4.42 Å². The van der Waals surface area contributed by atoms with E-state index in [0.29, 0.717) is 6.04 Å². The number of guanidine groups is 1. The Morgan fingerprint density at radius 1 is 1.19 bits per heavy atom. The largest absolute Gasteiger partial charge is 0.469 e. The van der Waals surface area contributed by atoms with Crippen LogP contribution < -0.4 is 10.6 Å². The third-order valence-corrected chi connectivity index (χ3v) is 5.92. The van der Waals surface area contributed by atoms with Crippen LogP contribution in [0.4, 0.5) is 0 Å². The van der Waals surface area contributed by atoms with Crippen LogP contribution in [0.15, 0.2) is 27.8 Å². The van der Waals surface area contributed by atoms with E-state index in [2.05, 4.69) is 29.4 Å². The van der Waals surface area contributed by atoms with Crippen LogP contribution >= 0.6 is 24.0 Å². The van der Waals surface area contributed by atoms with Gasteiger partial charge in [-0.3, -0.25) is 4.99 Å². The second kappa shape index (κ2) is 11.9. The molecule has 2 fully saturated rings. The van der Waals surface area contributed by atoms with Crippen molar-refractivity contribution in [2.45, 2.75) is 70.9 Å². The lowest BCUT2D eigenvalue weighted by molar-refractivity contribution is 0.105. The molecule has 3 rings (SSSR count). The Morgan fingerprint density at radius 3 is 2.56 bits per heavy atom. The van der Waals surface area contributed by atoms with Gasteiger partial charge in [-0.05, 0) is 76.6 Å². The summed E-state index contributed by atoms with van der Waals surface area (Å²) >= 11 is 0. The number of nitrogens with zero attached hydrogens (tertiary/aromatic N) is 2. The van der Waals surface area contributed by atoms with Crippen LogP contribution in [0.2, 0.25) is 0 Å². The van der Waals surface area contributed by atoms with E-state index in [1.807, 2.05) is 12.1 Å². The molecule has 2 N–H and O–H groups in total. The smallest absolute Gasteiger partial charge is 0.191 e. The molecular formula is C21H37IN4O. The van der Waals surface area contributed by atoms with Crippen LogP contribution in [0.5, 0.6) is 0 Å². The summed E-state index contributed by atoms with van der Waals surface area (Å²) in [6.45, 7) is 8.78. The summed E-state index contributed by atoms with van der Waals surface area (Å²) in [5, 5.41) is 7.04. The average Bonchev–Trinajstić information content (AvgIpc) is 3.17. The first-order valence-electron chi connectivity index (χ1n) is 10.6. The summed E-state index contributed by atoms with van der Waals surface area (Å²) in [5.74, 6) is 2.87. The van der Waals surface area contributed by atoms with Gasteiger partial charge >= 0.3 is 0 Å². The van der Waals surface area contributed by atoms with Crippen LogP contribution in [-0.2, 0) is 6.42 Å². The third-order valence-electron chi connectivity index (χ3n) is 5.92. The van der Waals surface area contributed by atoms with Crippen molar-refractivity contribution in [1.82, 2.24) is 15.5 Å². The molecule has 1 aliphatic heterocycles. The van der Waals surface area contributed by atoms with Gasteiger partial charge in [0.15, 0.2) is 5.96 Å². The molecule has 1 saturated heterocycles. The fourth-order valence-corrected chi connectivity index (χ4v) is 4.23. The summed E-state index contributed by atoms with van der Waals surface area (Å²) in [4.78, 5) is 7.47. The minimum Gasteiger partial charge on any atom is -0.469 e. The first-order chi connectivity index (χ1) is 12.7. The number of likely N-dealkylation sites (tertiary alicyclic amines) is 1. The maximum absolute atomic E-state index is 5.39. The van der Waals surface area contributed by atoms with Crippen molar-refractivity contribution >= 4 is 29.9 Å². The number of hydrogen-bond donors (Lipinski definition) is 2. The SMILES string of the molecule is CCNC(=NCCc1ccco1)NC1CCC(N2CCC(C)CC2)CC1.I. The average molecular weight is 488 g/mol. The molecule has 0 aromatic carbocycles. The van der Waals surface area contributed by atoms with Crippen LogP contribution in [0, 0.1) is 5.92 Å². The van der Waals surface area contributed by atoms with Crippen molar-refractivity contribution in [2.75, 3.05) is 26.2 Å². The van der Waals surface area contributed by atoms with Gasteiger partial charge in [-0.2, -0.15) is 0 Å². The minimum absolute atomic E-state index is 0. The number of furan rings is 1. The maximum Gasteiger partial charge on any atom is 0.191 e. The topological polar surface area (TPSA) is 52.8 Å². The number of nitrogens with one attached hydrogen (secondary N) is 2. The number of hydrogen-bond acceptors (Lipinski definition) is 3. The molecule has 6 heteroatoms. The molecule has 0 radical (unpaired) electrons. The highest BCUT2D eigenvalue weighted by atomic mass is 127. The predicted octanol–water partition coefficient (Wildman–Crippen LogP) is 4.04. The Morgan fingerprint density at radius 2 is 1.93 bits per heavy atom. The van der Waals surface area contributed by atoms with E-state index in [1.165, 1.54) is 51.6 Å². The van der Waals surface area contributed by atoms with Crippen molar-refractivity contribution in [3.8, 4) is 0 Å². The lowest BCUT2D eigenvalue weighted by Crippen LogP contribution is -2.48. The highest BCUT2D eigenvalue weighted by molar-refractivity contribution is 14.0. The van der Waals surface area contributed by atoms with E-state index in [1.54, 1.807) is 6.26 Å². The molecule has 2 heterocycles. The fourth-order valence-electron chi connectivity index (χ4n) is 4.23. The van der Waals surface area contributed by atoms with Gasteiger partial charge in [-0.25, -0.2) is 0 Å². The monoisotopic (exact) mass is 488 g/mol. The summed E-state index contributed by atoms with van der Waals surface area (Å²) in [7, 11) is 0.